The first-order valence-corrected chi connectivity index (χ1v) is 8.36. The van der Waals surface area contributed by atoms with E-state index >= 15 is 0 Å². The molecule has 0 bridgehead atoms. The monoisotopic (exact) mass is 326 g/mol. The van der Waals surface area contributed by atoms with E-state index in [-0.39, 0.29) is 17.3 Å². The van der Waals surface area contributed by atoms with Crippen LogP contribution in [0.15, 0.2) is 35.4 Å². The van der Waals surface area contributed by atoms with Gasteiger partial charge in [-0.25, -0.2) is 4.98 Å². The van der Waals surface area contributed by atoms with Crippen molar-refractivity contribution in [1.29, 1.82) is 0 Å². The van der Waals surface area contributed by atoms with Crippen LogP contribution in [0.25, 0.3) is 11.3 Å². The largest absolute Gasteiger partial charge is 0.341 e. The quantitative estimate of drug-likeness (QED) is 0.860. The van der Waals surface area contributed by atoms with Crippen LogP contribution >= 0.6 is 0 Å². The van der Waals surface area contributed by atoms with Crippen LogP contribution in [0, 0.1) is 5.92 Å². The van der Waals surface area contributed by atoms with Gasteiger partial charge in [-0.3, -0.25) is 19.1 Å². The summed E-state index contributed by atoms with van der Waals surface area (Å²) in [7, 11) is 1.73. The fourth-order valence-corrected chi connectivity index (χ4v) is 3.19. The highest BCUT2D eigenvalue weighted by molar-refractivity contribution is 5.81. The van der Waals surface area contributed by atoms with Crippen molar-refractivity contribution in [2.45, 2.75) is 26.2 Å². The van der Waals surface area contributed by atoms with Crippen molar-refractivity contribution in [2.24, 2.45) is 13.0 Å². The number of carbonyl (C=O) groups excluding carboxylic acids is 1. The van der Waals surface area contributed by atoms with Crippen molar-refractivity contribution < 1.29 is 4.79 Å². The van der Waals surface area contributed by atoms with Gasteiger partial charge in [0.15, 0.2) is 0 Å². The molecule has 0 N–H and O–H groups in total. The van der Waals surface area contributed by atoms with E-state index in [4.69, 9.17) is 4.98 Å². The van der Waals surface area contributed by atoms with Crippen LogP contribution in [0.4, 0.5) is 5.95 Å². The lowest BCUT2D eigenvalue weighted by Crippen LogP contribution is -2.41. The summed E-state index contributed by atoms with van der Waals surface area (Å²) in [5.74, 6) is 0.947. The number of piperidine rings is 1. The molecule has 3 rings (SSSR count). The Morgan fingerprint density at radius 3 is 2.79 bits per heavy atom. The van der Waals surface area contributed by atoms with Crippen molar-refractivity contribution in [3.8, 4) is 11.3 Å². The zero-order chi connectivity index (χ0) is 17.1. The van der Waals surface area contributed by atoms with Gasteiger partial charge in [-0.15, -0.1) is 0 Å². The summed E-state index contributed by atoms with van der Waals surface area (Å²) in [6.07, 6.45) is 5.78. The van der Waals surface area contributed by atoms with E-state index in [1.165, 1.54) is 6.07 Å². The Kier molecular flexibility index (Phi) is 4.74. The number of Topliss-reactive ketones (excluding diaryl/α,β-unsaturated/α-hetero) is 1. The van der Waals surface area contributed by atoms with Gasteiger partial charge < -0.3 is 4.90 Å². The molecule has 0 aromatic carbocycles. The van der Waals surface area contributed by atoms with E-state index in [2.05, 4.69) is 9.88 Å². The van der Waals surface area contributed by atoms with Crippen LogP contribution in [0.2, 0.25) is 0 Å². The third-order valence-electron chi connectivity index (χ3n) is 4.60. The Morgan fingerprint density at radius 2 is 2.08 bits per heavy atom. The summed E-state index contributed by atoms with van der Waals surface area (Å²) < 4.78 is 1.56. The molecule has 1 saturated heterocycles. The minimum atomic E-state index is -0.101. The van der Waals surface area contributed by atoms with Gasteiger partial charge >= 0.3 is 0 Å². The summed E-state index contributed by atoms with van der Waals surface area (Å²) in [5.41, 5.74) is 1.40. The van der Waals surface area contributed by atoms with E-state index in [0.717, 1.165) is 24.9 Å². The lowest BCUT2D eigenvalue weighted by atomic mass is 9.93. The second kappa shape index (κ2) is 6.95. The maximum Gasteiger partial charge on any atom is 0.255 e. The van der Waals surface area contributed by atoms with Gasteiger partial charge in [0, 0.05) is 56.5 Å². The number of hydrogen-bond acceptors (Lipinski definition) is 5. The third-order valence-corrected chi connectivity index (χ3v) is 4.60. The zero-order valence-corrected chi connectivity index (χ0v) is 14.1. The standard InChI is InChI=1S/C18H22N4O2/c1-3-16(23)14-5-4-10-22(12-14)18-20-15(11-17(24)21(18)2)13-6-8-19-9-7-13/h6-9,11,14H,3-5,10,12H2,1-2H3. The summed E-state index contributed by atoms with van der Waals surface area (Å²) in [4.78, 5) is 35.2. The van der Waals surface area contributed by atoms with E-state index in [1.807, 2.05) is 19.1 Å². The molecule has 0 aliphatic carbocycles. The van der Waals surface area contributed by atoms with Gasteiger partial charge in [-0.1, -0.05) is 6.92 Å². The lowest BCUT2D eigenvalue weighted by molar-refractivity contribution is -0.122. The molecule has 1 unspecified atom stereocenters. The van der Waals surface area contributed by atoms with Crippen LogP contribution in [-0.4, -0.2) is 33.4 Å². The van der Waals surface area contributed by atoms with Crippen LogP contribution < -0.4 is 10.5 Å². The summed E-state index contributed by atoms with van der Waals surface area (Å²) in [6, 6.07) is 5.22. The molecular formula is C18H22N4O2. The summed E-state index contributed by atoms with van der Waals surface area (Å²) in [6.45, 7) is 3.35. The normalized spacial score (nSPS) is 17.8. The molecule has 3 heterocycles. The number of aromatic nitrogens is 3. The van der Waals surface area contributed by atoms with Gasteiger partial charge in [0.05, 0.1) is 5.69 Å². The van der Waals surface area contributed by atoms with E-state index in [1.54, 1.807) is 24.0 Å². The number of pyridine rings is 1. The number of rotatable bonds is 4. The second-order valence-corrected chi connectivity index (χ2v) is 6.18. The van der Waals surface area contributed by atoms with Crippen LogP contribution in [-0.2, 0) is 11.8 Å². The molecule has 6 heteroatoms. The van der Waals surface area contributed by atoms with Crippen LogP contribution in [0.1, 0.15) is 26.2 Å². The molecule has 1 fully saturated rings. The maximum absolute atomic E-state index is 12.4. The molecule has 2 aromatic rings. The Balaban J connectivity index is 1.97. The maximum atomic E-state index is 12.4. The number of carbonyl (C=O) groups is 1. The molecule has 126 valence electrons. The lowest BCUT2D eigenvalue weighted by Gasteiger charge is -2.33. The predicted molar refractivity (Wildman–Crippen MR) is 92.9 cm³/mol. The SMILES string of the molecule is CCC(=O)C1CCCN(c2nc(-c3ccncc3)cc(=O)n2C)C1. The van der Waals surface area contributed by atoms with E-state index < -0.39 is 0 Å². The fraction of sp³-hybridized carbons (Fsp3) is 0.444. The molecule has 0 saturated carbocycles. The Hall–Kier alpha value is -2.50. The smallest absolute Gasteiger partial charge is 0.255 e. The number of hydrogen-bond donors (Lipinski definition) is 0. The average Bonchev–Trinajstić information content (AvgIpc) is 2.64. The molecule has 0 amide bonds. The summed E-state index contributed by atoms with van der Waals surface area (Å²) in [5, 5.41) is 0. The summed E-state index contributed by atoms with van der Waals surface area (Å²) >= 11 is 0. The first-order chi connectivity index (χ1) is 11.6. The Labute approximate surface area is 141 Å². The van der Waals surface area contributed by atoms with Crippen LogP contribution in [0.5, 0.6) is 0 Å². The van der Waals surface area contributed by atoms with Gasteiger partial charge in [-0.05, 0) is 25.0 Å². The first-order valence-electron chi connectivity index (χ1n) is 8.36. The highest BCUT2D eigenvalue weighted by atomic mass is 16.1. The predicted octanol–water partition coefficient (Wildman–Crippen LogP) is 2.04. The highest BCUT2D eigenvalue weighted by Crippen LogP contribution is 2.24. The first kappa shape index (κ1) is 16.4. The molecule has 1 aliphatic heterocycles. The molecule has 2 aromatic heterocycles. The van der Waals surface area contributed by atoms with Crippen molar-refractivity contribution in [3.05, 3.63) is 40.9 Å². The molecule has 24 heavy (non-hydrogen) atoms. The Morgan fingerprint density at radius 1 is 1.33 bits per heavy atom. The van der Waals surface area contributed by atoms with Gasteiger partial charge in [0.1, 0.15) is 5.78 Å². The Bertz CT molecular complexity index is 785. The number of ketones is 1. The molecule has 1 aliphatic rings. The minimum Gasteiger partial charge on any atom is -0.341 e. The third kappa shape index (κ3) is 3.22. The van der Waals surface area contributed by atoms with Crippen LogP contribution in [0.3, 0.4) is 0 Å². The van der Waals surface area contributed by atoms with E-state index in [9.17, 15) is 9.59 Å². The van der Waals surface area contributed by atoms with Crippen molar-refractivity contribution >= 4 is 11.7 Å². The molecular weight excluding hydrogens is 304 g/mol. The highest BCUT2D eigenvalue weighted by Gasteiger charge is 2.27. The molecule has 6 nitrogen and oxygen atoms in total. The molecule has 1 atom stereocenters. The van der Waals surface area contributed by atoms with Crippen molar-refractivity contribution in [1.82, 2.24) is 14.5 Å². The van der Waals surface area contributed by atoms with Gasteiger partial charge in [-0.2, -0.15) is 0 Å². The number of anilines is 1. The second-order valence-electron chi connectivity index (χ2n) is 6.18. The zero-order valence-electron chi connectivity index (χ0n) is 14.1. The van der Waals surface area contributed by atoms with Crippen molar-refractivity contribution in [2.75, 3.05) is 18.0 Å². The van der Waals surface area contributed by atoms with Gasteiger partial charge in [0.2, 0.25) is 5.95 Å². The van der Waals surface area contributed by atoms with E-state index in [0.29, 0.717) is 24.6 Å². The minimum absolute atomic E-state index is 0.0326. The fourth-order valence-electron chi connectivity index (χ4n) is 3.19. The molecule has 0 spiro atoms. The number of nitrogens with zero attached hydrogens (tertiary/aromatic N) is 4. The average molecular weight is 326 g/mol. The van der Waals surface area contributed by atoms with Crippen molar-refractivity contribution in [3.63, 3.8) is 0 Å². The molecule has 0 radical (unpaired) electrons. The van der Waals surface area contributed by atoms with Gasteiger partial charge in [0.25, 0.3) is 5.56 Å². The topological polar surface area (TPSA) is 68.1 Å².